The molecule has 0 unspecified atom stereocenters. The second-order valence-electron chi connectivity index (χ2n) is 8.18. The Hall–Kier alpha value is -3.34. The number of anilines is 3. The molecule has 1 saturated heterocycles. The van der Waals surface area contributed by atoms with E-state index in [9.17, 15) is 12.8 Å². The second-order valence-corrected chi connectivity index (χ2v) is 10.2. The van der Waals surface area contributed by atoms with Gasteiger partial charge in [0.2, 0.25) is 11.8 Å². The summed E-state index contributed by atoms with van der Waals surface area (Å²) in [6.45, 7) is 2.11. The van der Waals surface area contributed by atoms with Crippen molar-refractivity contribution in [1.29, 1.82) is 0 Å². The van der Waals surface area contributed by atoms with Gasteiger partial charge in [-0.1, -0.05) is 0 Å². The van der Waals surface area contributed by atoms with Crippen LogP contribution < -0.4 is 14.5 Å². The number of rotatable bonds is 5. The van der Waals surface area contributed by atoms with Crippen LogP contribution in [0, 0.1) is 5.82 Å². The van der Waals surface area contributed by atoms with E-state index in [1.54, 1.807) is 12.1 Å². The van der Waals surface area contributed by atoms with Crippen LogP contribution in [-0.2, 0) is 16.3 Å². The number of hydrogen-bond acceptors (Lipinski definition) is 9. The van der Waals surface area contributed by atoms with Crippen LogP contribution in [0.25, 0.3) is 0 Å². The van der Waals surface area contributed by atoms with Gasteiger partial charge in [-0.25, -0.2) is 32.7 Å². The lowest BCUT2D eigenvalue weighted by Crippen LogP contribution is -2.39. The maximum Gasteiger partial charge on any atom is 0.225 e. The third-order valence-electron chi connectivity index (χ3n) is 5.90. The van der Waals surface area contributed by atoms with E-state index in [4.69, 9.17) is 4.74 Å². The summed E-state index contributed by atoms with van der Waals surface area (Å²) in [5, 5.41) is 0. The molecule has 1 fully saturated rings. The standard InChI is InChI=1S/C22H23FN6O3S/c1-33(30,31)18-2-3-19-15(10-18)4-9-29(19)20-11-21(27-14-26-20)32-17-5-7-28(8-6-17)22-24-12-16(23)13-25-22/h2-3,10-14,17H,4-9H2,1H3. The maximum absolute atomic E-state index is 13.0. The van der Waals surface area contributed by atoms with Crippen LogP contribution in [0.4, 0.5) is 21.8 Å². The zero-order valence-electron chi connectivity index (χ0n) is 18.1. The van der Waals surface area contributed by atoms with Gasteiger partial charge in [0.1, 0.15) is 18.2 Å². The van der Waals surface area contributed by atoms with Crippen LogP contribution in [0.1, 0.15) is 18.4 Å². The molecule has 0 N–H and O–H groups in total. The zero-order chi connectivity index (χ0) is 23.0. The summed E-state index contributed by atoms with van der Waals surface area (Å²) in [4.78, 5) is 21.1. The summed E-state index contributed by atoms with van der Waals surface area (Å²) < 4.78 is 42.9. The van der Waals surface area contributed by atoms with Crippen LogP contribution in [-0.4, -0.2) is 60.3 Å². The van der Waals surface area contributed by atoms with Crippen molar-refractivity contribution in [2.24, 2.45) is 0 Å². The lowest BCUT2D eigenvalue weighted by Gasteiger charge is -2.31. The minimum Gasteiger partial charge on any atom is -0.474 e. The lowest BCUT2D eigenvalue weighted by molar-refractivity contribution is 0.163. The lowest BCUT2D eigenvalue weighted by atomic mass is 10.1. The SMILES string of the molecule is CS(=O)(=O)c1ccc2c(c1)CCN2c1cc(OC2CCN(c3ncc(F)cn3)CC2)ncn1. The number of sulfone groups is 1. The van der Waals surface area contributed by atoms with E-state index in [1.165, 1.54) is 25.0 Å². The van der Waals surface area contributed by atoms with Crippen molar-refractivity contribution in [3.63, 3.8) is 0 Å². The molecule has 33 heavy (non-hydrogen) atoms. The Bertz CT molecular complexity index is 1260. The van der Waals surface area contributed by atoms with Crippen LogP contribution in [0.15, 0.2) is 47.9 Å². The largest absolute Gasteiger partial charge is 0.474 e. The molecule has 9 nitrogen and oxygen atoms in total. The first-order valence-corrected chi connectivity index (χ1v) is 12.6. The first-order chi connectivity index (χ1) is 15.9. The fraction of sp³-hybridized carbons (Fsp3) is 0.364. The quantitative estimate of drug-likeness (QED) is 0.557. The molecule has 0 spiro atoms. The molecular formula is C22H23FN6O3S. The minimum absolute atomic E-state index is 0.00682. The monoisotopic (exact) mass is 470 g/mol. The van der Waals surface area contributed by atoms with Crippen molar-refractivity contribution < 1.29 is 17.5 Å². The van der Waals surface area contributed by atoms with Gasteiger partial charge in [-0.15, -0.1) is 0 Å². The van der Waals surface area contributed by atoms with Gasteiger partial charge in [0.05, 0.1) is 17.3 Å². The maximum atomic E-state index is 13.0. The summed E-state index contributed by atoms with van der Waals surface area (Å²) in [6, 6.07) is 7.01. The van der Waals surface area contributed by atoms with E-state index in [-0.39, 0.29) is 6.10 Å². The van der Waals surface area contributed by atoms with Gasteiger partial charge in [-0.3, -0.25) is 0 Å². The normalized spacial score (nSPS) is 16.7. The van der Waals surface area contributed by atoms with E-state index in [0.29, 0.717) is 42.2 Å². The van der Waals surface area contributed by atoms with Gasteiger partial charge in [-0.2, -0.15) is 0 Å². The summed E-state index contributed by atoms with van der Waals surface area (Å²) >= 11 is 0. The average molecular weight is 471 g/mol. The van der Waals surface area contributed by atoms with E-state index >= 15 is 0 Å². The van der Waals surface area contributed by atoms with Crippen molar-refractivity contribution in [2.75, 3.05) is 35.7 Å². The Morgan fingerprint density at radius 2 is 1.79 bits per heavy atom. The predicted octanol–water partition coefficient (Wildman–Crippen LogP) is 2.55. The topological polar surface area (TPSA) is 101 Å². The first-order valence-electron chi connectivity index (χ1n) is 10.7. The van der Waals surface area contributed by atoms with Crippen LogP contribution in [0.5, 0.6) is 5.88 Å². The molecule has 1 aromatic carbocycles. The molecule has 4 heterocycles. The molecule has 0 amide bonds. The van der Waals surface area contributed by atoms with Crippen molar-refractivity contribution in [3.8, 4) is 5.88 Å². The van der Waals surface area contributed by atoms with Crippen LogP contribution in [0.3, 0.4) is 0 Å². The third kappa shape index (κ3) is 4.58. The van der Waals surface area contributed by atoms with E-state index in [0.717, 1.165) is 30.5 Å². The Morgan fingerprint density at radius 3 is 2.52 bits per heavy atom. The molecule has 2 aliphatic heterocycles. The fourth-order valence-electron chi connectivity index (χ4n) is 4.20. The summed E-state index contributed by atoms with van der Waals surface area (Å²) in [6.07, 6.45) is 7.30. The Balaban J connectivity index is 1.25. The molecule has 11 heteroatoms. The van der Waals surface area contributed by atoms with Gasteiger partial charge in [-0.05, 0) is 30.2 Å². The predicted molar refractivity (Wildman–Crippen MR) is 120 cm³/mol. The number of aromatic nitrogens is 4. The average Bonchev–Trinajstić information content (AvgIpc) is 3.23. The molecular weight excluding hydrogens is 447 g/mol. The highest BCUT2D eigenvalue weighted by Gasteiger charge is 2.25. The third-order valence-corrected chi connectivity index (χ3v) is 7.01. The molecule has 0 atom stereocenters. The summed E-state index contributed by atoms with van der Waals surface area (Å²) in [7, 11) is -3.25. The fourth-order valence-corrected chi connectivity index (χ4v) is 4.87. The van der Waals surface area contributed by atoms with Gasteiger partial charge in [0.25, 0.3) is 0 Å². The Morgan fingerprint density at radius 1 is 1.03 bits per heavy atom. The van der Waals surface area contributed by atoms with Gasteiger partial charge >= 0.3 is 0 Å². The van der Waals surface area contributed by atoms with E-state index in [2.05, 4.69) is 19.9 Å². The summed E-state index contributed by atoms with van der Waals surface area (Å²) in [5.74, 6) is 1.28. The minimum atomic E-state index is -3.25. The molecule has 0 radical (unpaired) electrons. The highest BCUT2D eigenvalue weighted by atomic mass is 32.2. The molecule has 0 bridgehead atoms. The molecule has 2 aliphatic rings. The van der Waals surface area contributed by atoms with Crippen LogP contribution >= 0.6 is 0 Å². The molecule has 2 aromatic heterocycles. The van der Waals surface area contributed by atoms with Crippen molar-refractivity contribution in [2.45, 2.75) is 30.3 Å². The van der Waals surface area contributed by atoms with Crippen molar-refractivity contribution in [1.82, 2.24) is 19.9 Å². The molecule has 5 rings (SSSR count). The van der Waals surface area contributed by atoms with Gasteiger partial charge in [0, 0.05) is 50.5 Å². The number of nitrogens with zero attached hydrogens (tertiary/aromatic N) is 6. The van der Waals surface area contributed by atoms with Crippen molar-refractivity contribution >= 4 is 27.3 Å². The first kappa shape index (κ1) is 21.5. The summed E-state index contributed by atoms with van der Waals surface area (Å²) in [5.41, 5.74) is 1.93. The van der Waals surface area contributed by atoms with Crippen LogP contribution in [0.2, 0.25) is 0 Å². The molecule has 0 saturated carbocycles. The molecule has 3 aromatic rings. The Kier molecular flexibility index (Phi) is 5.57. The van der Waals surface area contributed by atoms with E-state index in [1.807, 2.05) is 21.9 Å². The smallest absolute Gasteiger partial charge is 0.225 e. The molecule has 172 valence electrons. The van der Waals surface area contributed by atoms with E-state index < -0.39 is 15.7 Å². The molecule has 0 aliphatic carbocycles. The number of halogens is 1. The number of hydrogen-bond donors (Lipinski definition) is 0. The highest BCUT2D eigenvalue weighted by Crippen LogP contribution is 2.35. The zero-order valence-corrected chi connectivity index (χ0v) is 18.9. The number of ether oxygens (including phenoxy) is 1. The highest BCUT2D eigenvalue weighted by molar-refractivity contribution is 7.90. The van der Waals surface area contributed by atoms with Gasteiger partial charge in [0.15, 0.2) is 15.7 Å². The number of benzene rings is 1. The second kappa shape index (κ2) is 8.54. The Labute approximate surface area is 191 Å². The number of piperidine rings is 1. The number of fused-ring (bicyclic) bond motifs is 1. The van der Waals surface area contributed by atoms with Gasteiger partial charge < -0.3 is 14.5 Å². The van der Waals surface area contributed by atoms with Crippen molar-refractivity contribution in [3.05, 3.63) is 54.4 Å².